The molecule has 1 aliphatic carbocycles. The first-order chi connectivity index (χ1) is 18.9. The number of anilines is 1. The van der Waals surface area contributed by atoms with Crippen LogP contribution in [0.25, 0.3) is 10.9 Å². The van der Waals surface area contributed by atoms with Crippen LogP contribution < -0.4 is 10.5 Å². The number of aryl methyl sites for hydroxylation is 3. The summed E-state index contributed by atoms with van der Waals surface area (Å²) in [7, 11) is 0. The van der Waals surface area contributed by atoms with Gasteiger partial charge in [0.05, 0.1) is 11.6 Å². The van der Waals surface area contributed by atoms with E-state index in [1.807, 2.05) is 11.6 Å². The molecule has 2 aliphatic rings. The highest BCUT2D eigenvalue weighted by Crippen LogP contribution is 2.34. The van der Waals surface area contributed by atoms with Gasteiger partial charge in [0.15, 0.2) is 5.82 Å². The molecule has 0 radical (unpaired) electrons. The molecule has 0 bridgehead atoms. The fraction of sp³-hybridized carbons (Fsp3) is 0.484. The maximum Gasteiger partial charge on any atom is 0.253 e. The van der Waals surface area contributed by atoms with E-state index in [0.717, 1.165) is 72.4 Å². The Morgan fingerprint density at radius 3 is 2.41 bits per heavy atom. The molecule has 0 amide bonds. The molecular formula is C31H39N7O. The Kier molecular flexibility index (Phi) is 6.97. The standard InChI is InChI=1S/C31H39N7O/c1-20-9-8-12-27(23(20)4)36-15-17-37(18-16-36)29(30-33-34-35-38(30)24-10-6-5-7-11-24)26-19-25-21(2)13-14-22(3)28(25)32-31(26)39/h8-9,12-14,19,24,29H,5-7,10-11,15-18H2,1-4H3,(H,32,39)/t29-/m1/s1. The molecule has 39 heavy (non-hydrogen) atoms. The molecule has 0 spiro atoms. The van der Waals surface area contributed by atoms with Crippen LogP contribution in [-0.2, 0) is 0 Å². The Morgan fingerprint density at radius 2 is 1.64 bits per heavy atom. The van der Waals surface area contributed by atoms with Crippen molar-refractivity contribution in [3.63, 3.8) is 0 Å². The van der Waals surface area contributed by atoms with Crippen molar-refractivity contribution in [2.45, 2.75) is 71.9 Å². The lowest BCUT2D eigenvalue weighted by Gasteiger charge is -2.40. The van der Waals surface area contributed by atoms with Gasteiger partial charge in [-0.1, -0.05) is 43.5 Å². The van der Waals surface area contributed by atoms with Crippen molar-refractivity contribution in [1.29, 1.82) is 0 Å². The number of nitrogens with zero attached hydrogens (tertiary/aromatic N) is 6. The molecule has 8 nitrogen and oxygen atoms in total. The number of nitrogens with one attached hydrogen (secondary N) is 1. The monoisotopic (exact) mass is 525 g/mol. The van der Waals surface area contributed by atoms with Crippen molar-refractivity contribution < 1.29 is 0 Å². The fourth-order valence-corrected chi connectivity index (χ4v) is 6.56. The van der Waals surface area contributed by atoms with E-state index in [0.29, 0.717) is 0 Å². The summed E-state index contributed by atoms with van der Waals surface area (Å²) in [4.78, 5) is 21.9. The van der Waals surface area contributed by atoms with Gasteiger partial charge in [-0.2, -0.15) is 0 Å². The van der Waals surface area contributed by atoms with Crippen LogP contribution in [0.2, 0.25) is 0 Å². The van der Waals surface area contributed by atoms with E-state index in [4.69, 9.17) is 0 Å². The van der Waals surface area contributed by atoms with E-state index in [2.05, 4.69) is 87.5 Å². The summed E-state index contributed by atoms with van der Waals surface area (Å²) in [5, 5.41) is 14.3. The smallest absolute Gasteiger partial charge is 0.253 e. The van der Waals surface area contributed by atoms with Crippen molar-refractivity contribution in [2.75, 3.05) is 31.1 Å². The van der Waals surface area contributed by atoms with Gasteiger partial charge in [-0.15, -0.1) is 5.10 Å². The van der Waals surface area contributed by atoms with E-state index in [1.54, 1.807) is 0 Å². The number of pyridine rings is 1. The Morgan fingerprint density at radius 1 is 0.897 bits per heavy atom. The summed E-state index contributed by atoms with van der Waals surface area (Å²) in [5.41, 5.74) is 7.75. The summed E-state index contributed by atoms with van der Waals surface area (Å²) < 4.78 is 2.04. The highest BCUT2D eigenvalue weighted by Gasteiger charge is 2.35. The number of rotatable bonds is 5. The first kappa shape index (κ1) is 25.7. The Balaban J connectivity index is 1.41. The van der Waals surface area contributed by atoms with Crippen molar-refractivity contribution in [3.05, 3.63) is 80.4 Å². The maximum atomic E-state index is 13.8. The molecule has 1 N–H and O–H groups in total. The minimum atomic E-state index is -0.309. The molecule has 1 atom stereocenters. The summed E-state index contributed by atoms with van der Waals surface area (Å²) in [6.07, 6.45) is 5.81. The number of tetrazole rings is 1. The van der Waals surface area contributed by atoms with Crippen molar-refractivity contribution in [1.82, 2.24) is 30.1 Å². The Hall–Kier alpha value is -3.52. The summed E-state index contributed by atoms with van der Waals surface area (Å²) in [6.45, 7) is 11.9. The molecule has 204 valence electrons. The number of aromatic amines is 1. The third-order valence-electron chi connectivity index (χ3n) is 9.05. The van der Waals surface area contributed by atoms with E-state index in [9.17, 15) is 4.79 Å². The van der Waals surface area contributed by atoms with Crippen LogP contribution in [0.5, 0.6) is 0 Å². The lowest BCUT2D eigenvalue weighted by Crippen LogP contribution is -2.49. The molecule has 6 rings (SSSR count). The summed E-state index contributed by atoms with van der Waals surface area (Å²) in [6, 6.07) is 12.8. The molecule has 2 aromatic carbocycles. The van der Waals surface area contributed by atoms with Gasteiger partial charge in [0.2, 0.25) is 0 Å². The molecule has 2 aromatic heterocycles. The van der Waals surface area contributed by atoms with Gasteiger partial charge in [-0.3, -0.25) is 9.69 Å². The third kappa shape index (κ3) is 4.75. The van der Waals surface area contributed by atoms with Crippen molar-refractivity contribution in [3.8, 4) is 0 Å². The van der Waals surface area contributed by atoms with Gasteiger partial charge in [0, 0.05) is 42.8 Å². The third-order valence-corrected chi connectivity index (χ3v) is 9.05. The van der Waals surface area contributed by atoms with Crippen molar-refractivity contribution in [2.24, 2.45) is 0 Å². The first-order valence-corrected chi connectivity index (χ1v) is 14.4. The minimum Gasteiger partial charge on any atom is -0.369 e. The second-order valence-electron chi connectivity index (χ2n) is 11.5. The van der Waals surface area contributed by atoms with Crippen LogP contribution in [0.1, 0.15) is 77.8 Å². The van der Waals surface area contributed by atoms with Gasteiger partial charge >= 0.3 is 0 Å². The van der Waals surface area contributed by atoms with E-state index in [1.165, 1.54) is 36.1 Å². The number of piperazine rings is 1. The largest absolute Gasteiger partial charge is 0.369 e. The highest BCUT2D eigenvalue weighted by atomic mass is 16.1. The van der Waals surface area contributed by atoms with E-state index >= 15 is 0 Å². The Bertz CT molecular complexity index is 1540. The average Bonchev–Trinajstić information content (AvgIpc) is 3.43. The SMILES string of the molecule is Cc1cccc(N2CCN([C@H](c3cc4c(C)ccc(C)c4[nH]c3=O)c3nnnn3C3CCCCC3)CC2)c1C. The zero-order valence-electron chi connectivity index (χ0n) is 23.6. The second-order valence-corrected chi connectivity index (χ2v) is 11.5. The van der Waals surface area contributed by atoms with Crippen molar-refractivity contribution >= 4 is 16.6 Å². The topological polar surface area (TPSA) is 82.9 Å². The van der Waals surface area contributed by atoms with E-state index in [-0.39, 0.29) is 17.6 Å². The fourth-order valence-electron chi connectivity index (χ4n) is 6.56. The van der Waals surface area contributed by atoms with Gasteiger partial charge in [0.25, 0.3) is 5.56 Å². The van der Waals surface area contributed by atoms with Crippen LogP contribution in [-0.4, -0.2) is 56.3 Å². The number of benzene rings is 2. The van der Waals surface area contributed by atoms with Gasteiger partial charge in [-0.05, 0) is 85.3 Å². The average molecular weight is 526 g/mol. The molecule has 1 saturated heterocycles. The lowest BCUT2D eigenvalue weighted by molar-refractivity contribution is 0.192. The van der Waals surface area contributed by atoms with Crippen LogP contribution >= 0.6 is 0 Å². The summed E-state index contributed by atoms with van der Waals surface area (Å²) >= 11 is 0. The van der Waals surface area contributed by atoms with Crippen LogP contribution in [0.15, 0.2) is 41.2 Å². The van der Waals surface area contributed by atoms with Crippen LogP contribution in [0.3, 0.4) is 0 Å². The number of aromatic nitrogens is 5. The quantitative estimate of drug-likeness (QED) is 0.387. The second kappa shape index (κ2) is 10.6. The van der Waals surface area contributed by atoms with Gasteiger partial charge < -0.3 is 9.88 Å². The molecule has 3 heterocycles. The lowest BCUT2D eigenvalue weighted by atomic mass is 9.94. The molecular weight excluding hydrogens is 486 g/mol. The molecule has 0 unspecified atom stereocenters. The van der Waals surface area contributed by atoms with Gasteiger partial charge in [-0.25, -0.2) is 4.68 Å². The predicted molar refractivity (Wildman–Crippen MR) is 156 cm³/mol. The molecule has 1 saturated carbocycles. The summed E-state index contributed by atoms with van der Waals surface area (Å²) in [5.74, 6) is 0.789. The number of hydrogen-bond acceptors (Lipinski definition) is 6. The van der Waals surface area contributed by atoms with Crippen LogP contribution in [0, 0.1) is 27.7 Å². The number of hydrogen-bond donors (Lipinski definition) is 1. The number of fused-ring (bicyclic) bond motifs is 1. The zero-order valence-corrected chi connectivity index (χ0v) is 23.6. The molecule has 2 fully saturated rings. The molecule has 1 aliphatic heterocycles. The Labute approximate surface area is 230 Å². The zero-order chi connectivity index (χ0) is 27.1. The van der Waals surface area contributed by atoms with E-state index < -0.39 is 0 Å². The van der Waals surface area contributed by atoms with Gasteiger partial charge in [0.1, 0.15) is 6.04 Å². The maximum absolute atomic E-state index is 13.8. The molecule has 8 heteroatoms. The van der Waals surface area contributed by atoms with Crippen LogP contribution in [0.4, 0.5) is 5.69 Å². The minimum absolute atomic E-state index is 0.0589. The first-order valence-electron chi connectivity index (χ1n) is 14.4. The predicted octanol–water partition coefficient (Wildman–Crippen LogP) is 5.17. The number of H-pyrrole nitrogens is 1. The highest BCUT2D eigenvalue weighted by molar-refractivity contribution is 5.85. The molecule has 4 aromatic rings. The normalized spacial score (nSPS) is 18.1.